The van der Waals surface area contributed by atoms with E-state index < -0.39 is 11.7 Å². The van der Waals surface area contributed by atoms with Crippen LogP contribution in [0.15, 0.2) is 19.4 Å². The summed E-state index contributed by atoms with van der Waals surface area (Å²) in [4.78, 5) is 39.1. The molecular formula is C21H28BrN7O4S. The number of hydrogen-bond donors (Lipinski definition) is 1. The van der Waals surface area contributed by atoms with Gasteiger partial charge in [0.1, 0.15) is 10.3 Å². The van der Waals surface area contributed by atoms with Crippen LogP contribution in [0.2, 0.25) is 0 Å². The van der Waals surface area contributed by atoms with E-state index in [0.29, 0.717) is 52.7 Å². The molecule has 34 heavy (non-hydrogen) atoms. The van der Waals surface area contributed by atoms with Gasteiger partial charge in [-0.15, -0.1) is 16.4 Å². The van der Waals surface area contributed by atoms with Crippen molar-refractivity contribution in [2.45, 2.75) is 84.2 Å². The highest BCUT2D eigenvalue weighted by Gasteiger charge is 2.29. The van der Waals surface area contributed by atoms with Gasteiger partial charge in [0.2, 0.25) is 0 Å². The molecule has 3 heterocycles. The normalized spacial score (nSPS) is 18.9. The molecule has 1 aliphatic carbocycles. The number of nitrogens with one attached hydrogen (secondary N) is 1. The van der Waals surface area contributed by atoms with Crippen molar-refractivity contribution in [3.05, 3.63) is 36.5 Å². The quantitative estimate of drug-likeness (QED) is 0.514. The summed E-state index contributed by atoms with van der Waals surface area (Å²) >= 11 is 4.80. The Labute approximate surface area is 208 Å². The number of carbonyl (C=O) groups excluding carboxylic acids is 1. The van der Waals surface area contributed by atoms with Crippen molar-refractivity contribution in [1.82, 2.24) is 34.7 Å². The van der Waals surface area contributed by atoms with Gasteiger partial charge in [-0.1, -0.05) is 0 Å². The van der Waals surface area contributed by atoms with E-state index in [9.17, 15) is 14.4 Å². The zero-order valence-electron chi connectivity index (χ0n) is 19.6. The Morgan fingerprint density at radius 3 is 2.62 bits per heavy atom. The van der Waals surface area contributed by atoms with Crippen molar-refractivity contribution in [3.63, 3.8) is 0 Å². The van der Waals surface area contributed by atoms with Crippen LogP contribution in [0.5, 0.6) is 0 Å². The van der Waals surface area contributed by atoms with Gasteiger partial charge in [0.05, 0.1) is 16.5 Å². The van der Waals surface area contributed by atoms with Crippen LogP contribution in [-0.2, 0) is 17.8 Å². The van der Waals surface area contributed by atoms with Gasteiger partial charge in [-0.2, -0.15) is 0 Å². The Morgan fingerprint density at radius 1 is 1.26 bits per heavy atom. The third-order valence-electron chi connectivity index (χ3n) is 5.83. The minimum atomic E-state index is -0.568. The first-order valence-electron chi connectivity index (χ1n) is 11.3. The molecule has 3 aromatic rings. The van der Waals surface area contributed by atoms with E-state index in [1.54, 1.807) is 9.25 Å². The summed E-state index contributed by atoms with van der Waals surface area (Å²) in [6.07, 6.45) is 2.04. The molecule has 0 unspecified atom stereocenters. The van der Waals surface area contributed by atoms with Crippen molar-refractivity contribution in [2.75, 3.05) is 0 Å². The van der Waals surface area contributed by atoms with Crippen molar-refractivity contribution in [3.8, 4) is 0 Å². The van der Waals surface area contributed by atoms with Crippen molar-refractivity contribution in [2.24, 2.45) is 0 Å². The van der Waals surface area contributed by atoms with Crippen LogP contribution in [0.3, 0.4) is 0 Å². The van der Waals surface area contributed by atoms with Gasteiger partial charge in [-0.25, -0.2) is 14.3 Å². The Hall–Kier alpha value is -2.54. The fraction of sp³-hybridized carbons (Fsp3) is 0.619. The molecule has 0 aliphatic heterocycles. The lowest BCUT2D eigenvalue weighted by Crippen LogP contribution is -2.46. The maximum absolute atomic E-state index is 13.6. The first-order chi connectivity index (χ1) is 16.1. The molecular weight excluding hydrogens is 526 g/mol. The van der Waals surface area contributed by atoms with Gasteiger partial charge < -0.3 is 10.1 Å². The number of thiophene rings is 1. The highest BCUT2D eigenvalue weighted by atomic mass is 79.9. The average Bonchev–Trinajstić information content (AvgIpc) is 3.37. The lowest BCUT2D eigenvalue weighted by Gasteiger charge is -2.31. The van der Waals surface area contributed by atoms with E-state index in [0.717, 1.165) is 0 Å². The Bertz CT molecular complexity index is 1310. The summed E-state index contributed by atoms with van der Waals surface area (Å²) in [5, 5.41) is 16.5. The topological polar surface area (TPSA) is 126 Å². The summed E-state index contributed by atoms with van der Waals surface area (Å²) in [5.41, 5.74) is -0.680. The first kappa shape index (κ1) is 24.6. The Balaban J connectivity index is 1.62. The first-order valence-corrected chi connectivity index (χ1v) is 12.9. The molecule has 184 valence electrons. The van der Waals surface area contributed by atoms with Crippen LogP contribution in [0.4, 0.5) is 4.79 Å². The largest absolute Gasteiger partial charge is 0.444 e. The van der Waals surface area contributed by atoms with Crippen molar-refractivity contribution in [1.29, 1.82) is 0 Å². The molecule has 0 aromatic carbocycles. The van der Waals surface area contributed by atoms with Gasteiger partial charge in [0.15, 0.2) is 5.82 Å². The zero-order chi connectivity index (χ0) is 24.6. The van der Waals surface area contributed by atoms with Crippen molar-refractivity contribution >= 4 is 43.6 Å². The molecule has 1 aliphatic rings. The minimum Gasteiger partial charge on any atom is -0.444 e. The number of halogens is 1. The number of alkyl carbamates (subject to hydrolysis) is 1. The molecule has 0 bridgehead atoms. The zero-order valence-corrected chi connectivity index (χ0v) is 22.0. The number of aryl methyl sites for hydroxylation is 1. The number of aromatic nitrogens is 6. The maximum atomic E-state index is 13.6. The lowest BCUT2D eigenvalue weighted by molar-refractivity contribution is 0.0487. The highest BCUT2D eigenvalue weighted by Crippen LogP contribution is 2.30. The standard InChI is InChI=1S/C21H28BrN7O4S/c1-5-28-15(24-25-26-28)10-27-16-14(22)11-34-17(16)18(30)29(20(27)32)13-8-6-12(7-9-13)23-19(31)33-21(2,3)4/h11-13H,5-10H2,1-4H3,(H,23,31). The summed E-state index contributed by atoms with van der Waals surface area (Å²) in [5.74, 6) is 0.541. The van der Waals surface area contributed by atoms with Gasteiger partial charge in [-0.05, 0) is 79.7 Å². The molecule has 1 saturated carbocycles. The number of carbonyl (C=O) groups is 1. The SMILES string of the molecule is CCn1nnnc1Cn1c(=O)n(C2CCC(NC(=O)OC(C)(C)C)CC2)c(=O)c2scc(Br)c21. The monoisotopic (exact) mass is 553 g/mol. The molecule has 1 fully saturated rings. The lowest BCUT2D eigenvalue weighted by atomic mass is 9.91. The summed E-state index contributed by atoms with van der Waals surface area (Å²) in [6, 6.07) is -0.312. The number of fused-ring (bicyclic) bond motifs is 1. The van der Waals surface area contributed by atoms with E-state index >= 15 is 0 Å². The fourth-order valence-corrected chi connectivity index (χ4v) is 5.99. The second-order valence-corrected chi connectivity index (χ2v) is 11.1. The summed E-state index contributed by atoms with van der Waals surface area (Å²) < 4.78 is 11.1. The van der Waals surface area contributed by atoms with E-state index in [1.165, 1.54) is 15.9 Å². The molecule has 4 rings (SSSR count). The van der Waals surface area contributed by atoms with E-state index in [1.807, 2.05) is 33.1 Å². The van der Waals surface area contributed by atoms with Crippen LogP contribution >= 0.6 is 27.3 Å². The molecule has 13 heteroatoms. The molecule has 3 aromatic heterocycles. The van der Waals surface area contributed by atoms with Gasteiger partial charge in [0.25, 0.3) is 5.56 Å². The smallest absolute Gasteiger partial charge is 0.407 e. The number of tetrazole rings is 1. The number of amides is 1. The number of nitrogens with zero attached hydrogens (tertiary/aromatic N) is 6. The van der Waals surface area contributed by atoms with Crippen molar-refractivity contribution < 1.29 is 9.53 Å². The number of hydrogen-bond acceptors (Lipinski definition) is 8. The van der Waals surface area contributed by atoms with Gasteiger partial charge in [-0.3, -0.25) is 13.9 Å². The second kappa shape index (κ2) is 9.61. The molecule has 1 amide bonds. The van der Waals surface area contributed by atoms with Crippen LogP contribution in [0.25, 0.3) is 10.2 Å². The average molecular weight is 554 g/mol. The van der Waals surface area contributed by atoms with Gasteiger partial charge >= 0.3 is 11.8 Å². The highest BCUT2D eigenvalue weighted by molar-refractivity contribution is 9.10. The number of ether oxygens (including phenoxy) is 1. The van der Waals surface area contributed by atoms with E-state index in [-0.39, 0.29) is 29.9 Å². The van der Waals surface area contributed by atoms with Crippen LogP contribution < -0.4 is 16.6 Å². The third kappa shape index (κ3) is 4.95. The molecule has 0 spiro atoms. The minimum absolute atomic E-state index is 0.0576. The second-order valence-electron chi connectivity index (χ2n) is 9.37. The third-order valence-corrected chi connectivity index (χ3v) is 7.69. The Morgan fingerprint density at radius 2 is 1.97 bits per heavy atom. The molecule has 0 radical (unpaired) electrons. The van der Waals surface area contributed by atoms with E-state index in [2.05, 4.69) is 36.8 Å². The van der Waals surface area contributed by atoms with Crippen LogP contribution in [0, 0.1) is 0 Å². The van der Waals surface area contributed by atoms with Gasteiger partial charge in [0, 0.05) is 24.0 Å². The molecule has 0 saturated heterocycles. The molecule has 11 nitrogen and oxygen atoms in total. The molecule has 1 N–H and O–H groups in total. The fourth-order valence-electron chi connectivity index (χ4n) is 4.30. The Kier molecular flexibility index (Phi) is 6.94. The van der Waals surface area contributed by atoms with Crippen LogP contribution in [0.1, 0.15) is 65.2 Å². The molecule has 0 atom stereocenters. The summed E-state index contributed by atoms with van der Waals surface area (Å²) in [6.45, 7) is 8.10. The predicted octanol–water partition coefficient (Wildman–Crippen LogP) is 3.05. The predicted molar refractivity (Wildman–Crippen MR) is 131 cm³/mol. The van der Waals surface area contributed by atoms with Crippen LogP contribution in [-0.4, -0.2) is 47.1 Å². The maximum Gasteiger partial charge on any atom is 0.407 e. The van der Waals surface area contributed by atoms with E-state index in [4.69, 9.17) is 4.74 Å². The summed E-state index contributed by atoms with van der Waals surface area (Å²) in [7, 11) is 0. The number of rotatable bonds is 5.